The number of carbonyl (C=O) groups excluding carboxylic acids is 2. The number of fused-ring (bicyclic) bond motifs is 1. The Kier molecular flexibility index (Phi) is 5.47. The van der Waals surface area contributed by atoms with Crippen LogP contribution in [0.4, 0.5) is 5.69 Å². The van der Waals surface area contributed by atoms with E-state index in [1.807, 2.05) is 31.1 Å². The molecule has 0 bridgehead atoms. The molecule has 1 aliphatic rings. The van der Waals surface area contributed by atoms with E-state index in [2.05, 4.69) is 20.8 Å². The summed E-state index contributed by atoms with van der Waals surface area (Å²) in [5, 5.41) is 9.26. The van der Waals surface area contributed by atoms with Crippen LogP contribution in [0.5, 0.6) is 5.75 Å². The summed E-state index contributed by atoms with van der Waals surface area (Å²) in [6.07, 6.45) is 1.22. The fourth-order valence-electron chi connectivity index (χ4n) is 2.46. The van der Waals surface area contributed by atoms with Crippen LogP contribution in [0.15, 0.2) is 22.7 Å². The maximum absolute atomic E-state index is 11.9. The number of carbonyl (C=O) groups is 2. The number of aromatic nitrogens is 2. The Morgan fingerprint density at radius 1 is 1.38 bits per heavy atom. The number of hydrogen-bond donors (Lipinski definition) is 2. The largest absolute Gasteiger partial charge is 0.485 e. The molecule has 0 spiro atoms. The number of anilines is 1. The summed E-state index contributed by atoms with van der Waals surface area (Å²) in [4.78, 5) is 29.3. The van der Waals surface area contributed by atoms with Crippen molar-refractivity contribution >= 4 is 17.5 Å². The third-order valence-electron chi connectivity index (χ3n) is 3.85. The second kappa shape index (κ2) is 7.96. The van der Waals surface area contributed by atoms with E-state index in [0.29, 0.717) is 25.3 Å². The van der Waals surface area contributed by atoms with Crippen LogP contribution in [-0.2, 0) is 17.8 Å². The van der Waals surface area contributed by atoms with Crippen molar-refractivity contribution in [1.82, 2.24) is 20.4 Å². The summed E-state index contributed by atoms with van der Waals surface area (Å²) in [7, 11) is 3.83. The van der Waals surface area contributed by atoms with Crippen LogP contribution in [0.1, 0.15) is 28.5 Å². The molecule has 138 valence electrons. The van der Waals surface area contributed by atoms with Crippen molar-refractivity contribution < 1.29 is 18.8 Å². The Morgan fingerprint density at radius 3 is 3.04 bits per heavy atom. The lowest BCUT2D eigenvalue weighted by Gasteiger charge is -2.17. The molecule has 2 amide bonds. The molecule has 0 radical (unpaired) electrons. The fraction of sp³-hybridized carbons (Fsp3) is 0.412. The zero-order valence-corrected chi connectivity index (χ0v) is 14.7. The first-order chi connectivity index (χ1) is 12.5. The van der Waals surface area contributed by atoms with Crippen molar-refractivity contribution in [2.45, 2.75) is 19.4 Å². The van der Waals surface area contributed by atoms with Crippen LogP contribution in [-0.4, -0.2) is 54.0 Å². The van der Waals surface area contributed by atoms with Gasteiger partial charge in [-0.05, 0) is 32.1 Å². The van der Waals surface area contributed by atoms with Crippen molar-refractivity contribution in [2.75, 3.05) is 32.5 Å². The van der Waals surface area contributed by atoms with Crippen LogP contribution in [0, 0.1) is 0 Å². The Bertz CT molecular complexity index is 802. The molecule has 0 unspecified atom stereocenters. The maximum Gasteiger partial charge on any atom is 0.316 e. The highest BCUT2D eigenvalue weighted by Crippen LogP contribution is 2.27. The molecule has 0 aliphatic carbocycles. The molecule has 2 heterocycles. The summed E-state index contributed by atoms with van der Waals surface area (Å²) in [6, 6.07) is 5.51. The van der Waals surface area contributed by atoms with E-state index < -0.39 is 5.91 Å². The van der Waals surface area contributed by atoms with Gasteiger partial charge in [0, 0.05) is 31.3 Å². The minimum Gasteiger partial charge on any atom is -0.485 e. The molecule has 0 saturated heterocycles. The van der Waals surface area contributed by atoms with Gasteiger partial charge in [0.15, 0.2) is 6.61 Å². The van der Waals surface area contributed by atoms with Gasteiger partial charge in [0.2, 0.25) is 11.7 Å². The minimum absolute atomic E-state index is 0.00209. The van der Waals surface area contributed by atoms with Crippen molar-refractivity contribution in [3.05, 3.63) is 35.5 Å². The highest BCUT2D eigenvalue weighted by atomic mass is 16.5. The van der Waals surface area contributed by atoms with E-state index in [0.717, 1.165) is 17.7 Å². The summed E-state index contributed by atoms with van der Waals surface area (Å²) >= 11 is 0. The molecule has 1 aromatic carbocycles. The van der Waals surface area contributed by atoms with Gasteiger partial charge in [-0.1, -0.05) is 11.2 Å². The van der Waals surface area contributed by atoms with Crippen LogP contribution >= 0.6 is 0 Å². The van der Waals surface area contributed by atoms with E-state index in [1.165, 1.54) is 0 Å². The van der Waals surface area contributed by atoms with Crippen LogP contribution in [0.25, 0.3) is 0 Å². The van der Waals surface area contributed by atoms with Crippen LogP contribution in [0.2, 0.25) is 0 Å². The quantitative estimate of drug-likeness (QED) is 0.753. The maximum atomic E-state index is 11.9. The van der Waals surface area contributed by atoms with Gasteiger partial charge in [0.1, 0.15) is 5.75 Å². The van der Waals surface area contributed by atoms with E-state index in [9.17, 15) is 9.59 Å². The van der Waals surface area contributed by atoms with Gasteiger partial charge in [-0.3, -0.25) is 9.59 Å². The molecule has 9 heteroatoms. The monoisotopic (exact) mass is 359 g/mol. The number of benzene rings is 1. The first-order valence-corrected chi connectivity index (χ1v) is 8.32. The van der Waals surface area contributed by atoms with Crippen LogP contribution < -0.4 is 15.4 Å². The molecular weight excluding hydrogens is 338 g/mol. The summed E-state index contributed by atoms with van der Waals surface area (Å²) in [6.45, 7) is 1.26. The zero-order valence-electron chi connectivity index (χ0n) is 14.7. The Balaban J connectivity index is 1.54. The number of nitrogens with zero attached hydrogens (tertiary/aromatic N) is 3. The van der Waals surface area contributed by atoms with Gasteiger partial charge >= 0.3 is 11.8 Å². The lowest BCUT2D eigenvalue weighted by Crippen LogP contribution is -2.31. The van der Waals surface area contributed by atoms with E-state index >= 15 is 0 Å². The number of rotatable bonds is 7. The van der Waals surface area contributed by atoms with Gasteiger partial charge in [0.25, 0.3) is 0 Å². The lowest BCUT2D eigenvalue weighted by atomic mass is 10.0. The lowest BCUT2D eigenvalue weighted by molar-refractivity contribution is -0.116. The fourth-order valence-corrected chi connectivity index (χ4v) is 2.46. The molecule has 0 atom stereocenters. The zero-order chi connectivity index (χ0) is 18.5. The Morgan fingerprint density at radius 2 is 2.23 bits per heavy atom. The SMILES string of the molecule is CN(C)CCNC(=O)c1nc(COc2ccc3c(c2)NC(=O)CC3)no1. The van der Waals surface area contributed by atoms with Crippen molar-refractivity contribution in [1.29, 1.82) is 0 Å². The Hall–Kier alpha value is -2.94. The Labute approximate surface area is 150 Å². The summed E-state index contributed by atoms with van der Waals surface area (Å²) in [5.74, 6) is 0.331. The van der Waals surface area contributed by atoms with Gasteiger partial charge in [0.05, 0.1) is 0 Å². The first-order valence-electron chi connectivity index (χ1n) is 8.32. The molecule has 1 aliphatic heterocycles. The normalized spacial score (nSPS) is 13.3. The molecule has 0 fully saturated rings. The number of likely N-dealkylation sites (N-methyl/N-ethyl adjacent to an activating group) is 1. The summed E-state index contributed by atoms with van der Waals surface area (Å²) < 4.78 is 10.6. The first kappa shape index (κ1) is 17.9. The highest BCUT2D eigenvalue weighted by molar-refractivity contribution is 5.94. The molecule has 0 saturated carbocycles. The van der Waals surface area contributed by atoms with Gasteiger partial charge in [-0.25, -0.2) is 0 Å². The summed E-state index contributed by atoms with van der Waals surface area (Å²) in [5.41, 5.74) is 1.83. The van der Waals surface area contributed by atoms with E-state index in [-0.39, 0.29) is 24.2 Å². The predicted octanol–water partition coefficient (Wildman–Crippen LogP) is 0.825. The van der Waals surface area contributed by atoms with Crippen molar-refractivity contribution in [3.63, 3.8) is 0 Å². The number of nitrogens with one attached hydrogen (secondary N) is 2. The van der Waals surface area contributed by atoms with Gasteiger partial charge in [-0.15, -0.1) is 0 Å². The van der Waals surface area contributed by atoms with Gasteiger partial charge < -0.3 is 24.8 Å². The smallest absolute Gasteiger partial charge is 0.316 e. The number of amides is 2. The average molecular weight is 359 g/mol. The predicted molar refractivity (Wildman–Crippen MR) is 92.9 cm³/mol. The third-order valence-corrected chi connectivity index (χ3v) is 3.85. The van der Waals surface area contributed by atoms with E-state index in [1.54, 1.807) is 6.07 Å². The highest BCUT2D eigenvalue weighted by Gasteiger charge is 2.17. The molecule has 3 rings (SSSR count). The molecule has 2 aromatic rings. The minimum atomic E-state index is -0.415. The molecule has 2 N–H and O–H groups in total. The molecule has 1 aromatic heterocycles. The van der Waals surface area contributed by atoms with Crippen LogP contribution in [0.3, 0.4) is 0 Å². The molecular formula is C17H21N5O4. The second-order valence-electron chi connectivity index (χ2n) is 6.23. The second-order valence-corrected chi connectivity index (χ2v) is 6.23. The molecule has 9 nitrogen and oxygen atoms in total. The number of hydrogen-bond acceptors (Lipinski definition) is 7. The topological polar surface area (TPSA) is 110 Å². The van der Waals surface area contributed by atoms with Gasteiger partial charge in [-0.2, -0.15) is 4.98 Å². The van der Waals surface area contributed by atoms with Crippen molar-refractivity contribution in [2.24, 2.45) is 0 Å². The number of aryl methyl sites for hydroxylation is 1. The standard InChI is InChI=1S/C17H21N5O4/c1-22(2)8-7-18-16(24)17-20-14(21-26-17)10-25-12-5-3-11-4-6-15(23)19-13(11)9-12/h3,5,9H,4,6-8,10H2,1-2H3,(H,18,24)(H,19,23). The van der Waals surface area contributed by atoms with E-state index in [4.69, 9.17) is 9.26 Å². The molecule has 26 heavy (non-hydrogen) atoms. The van der Waals surface area contributed by atoms with Crippen molar-refractivity contribution in [3.8, 4) is 5.75 Å². The third kappa shape index (κ3) is 4.57. The average Bonchev–Trinajstić information content (AvgIpc) is 3.08. The number of ether oxygens (including phenoxy) is 1.